The van der Waals surface area contributed by atoms with E-state index in [2.05, 4.69) is 5.32 Å². The van der Waals surface area contributed by atoms with Crippen LogP contribution >= 0.6 is 24.0 Å². The minimum absolute atomic E-state index is 0. The largest absolute Gasteiger partial charge is 0.490 e. The van der Waals surface area contributed by atoms with E-state index in [0.717, 1.165) is 28.2 Å². The minimum atomic E-state index is 0. The third-order valence-electron chi connectivity index (χ3n) is 4.69. The maximum absolute atomic E-state index is 6.53. The van der Waals surface area contributed by atoms with Crippen molar-refractivity contribution >= 4 is 24.0 Å². The fourth-order valence-corrected chi connectivity index (χ4v) is 3.55. The van der Waals surface area contributed by atoms with Gasteiger partial charge in [0.1, 0.15) is 6.61 Å². The number of benzene rings is 3. The van der Waals surface area contributed by atoms with Gasteiger partial charge in [-0.2, -0.15) is 0 Å². The lowest BCUT2D eigenvalue weighted by molar-refractivity contribution is 0.174. The molecule has 1 aliphatic rings. The van der Waals surface area contributed by atoms with Crippen LogP contribution in [0.3, 0.4) is 0 Å². The van der Waals surface area contributed by atoms with E-state index in [4.69, 9.17) is 30.5 Å². The summed E-state index contributed by atoms with van der Waals surface area (Å²) < 4.78 is 22.6. The molecule has 1 N–H and O–H groups in total. The maximum Gasteiger partial charge on any atom is 0.231 e. The molecule has 0 fully saturated rings. The second kappa shape index (κ2) is 11.1. The number of halogens is 2. The van der Waals surface area contributed by atoms with Crippen LogP contribution in [0.1, 0.15) is 23.6 Å². The molecule has 0 atom stereocenters. The Kier molecular flexibility index (Phi) is 8.29. The van der Waals surface area contributed by atoms with Gasteiger partial charge in [0, 0.05) is 13.1 Å². The van der Waals surface area contributed by atoms with Crippen LogP contribution in [0.5, 0.6) is 23.0 Å². The lowest BCUT2D eigenvalue weighted by Gasteiger charge is -2.16. The fraction of sp³-hybridized carbons (Fsp3) is 0.250. The smallest absolute Gasteiger partial charge is 0.231 e. The molecule has 3 aromatic rings. The molecule has 31 heavy (non-hydrogen) atoms. The summed E-state index contributed by atoms with van der Waals surface area (Å²) >= 11 is 6.53. The Bertz CT molecular complexity index is 998. The van der Waals surface area contributed by atoms with Crippen molar-refractivity contribution in [1.82, 2.24) is 5.32 Å². The molecule has 5 nitrogen and oxygen atoms in total. The number of hydrogen-bond acceptors (Lipinski definition) is 5. The van der Waals surface area contributed by atoms with E-state index in [0.29, 0.717) is 42.8 Å². The molecule has 0 amide bonds. The summed E-state index contributed by atoms with van der Waals surface area (Å²) in [5.74, 6) is 2.80. The molecule has 3 aromatic carbocycles. The van der Waals surface area contributed by atoms with Crippen LogP contribution in [0.4, 0.5) is 0 Å². The van der Waals surface area contributed by atoms with Gasteiger partial charge in [-0.3, -0.25) is 0 Å². The van der Waals surface area contributed by atoms with E-state index < -0.39 is 0 Å². The summed E-state index contributed by atoms with van der Waals surface area (Å²) in [6.07, 6.45) is 0. The monoisotopic (exact) mass is 461 g/mol. The average Bonchev–Trinajstić information content (AvgIpc) is 3.22. The molecule has 1 heterocycles. The molecule has 1 aliphatic heterocycles. The predicted octanol–water partition coefficient (Wildman–Crippen LogP) is 5.76. The molecular weight excluding hydrogens is 437 g/mol. The third kappa shape index (κ3) is 5.97. The van der Waals surface area contributed by atoms with Gasteiger partial charge in [-0.05, 0) is 47.9 Å². The van der Waals surface area contributed by atoms with Crippen LogP contribution < -0.4 is 24.3 Å². The topological polar surface area (TPSA) is 49.0 Å². The Hall–Kier alpha value is -2.60. The normalized spacial score (nSPS) is 11.7. The van der Waals surface area contributed by atoms with Crippen molar-refractivity contribution in [2.75, 3.05) is 13.4 Å². The van der Waals surface area contributed by atoms with Crippen LogP contribution in [-0.2, 0) is 19.7 Å². The Morgan fingerprint density at radius 2 is 1.65 bits per heavy atom. The van der Waals surface area contributed by atoms with Gasteiger partial charge in [-0.1, -0.05) is 48.0 Å². The molecule has 0 spiro atoms. The lowest BCUT2D eigenvalue weighted by atomic mass is 10.1. The van der Waals surface area contributed by atoms with Crippen LogP contribution in [0.15, 0.2) is 60.7 Å². The lowest BCUT2D eigenvalue weighted by Crippen LogP contribution is -2.13. The molecule has 0 unspecified atom stereocenters. The van der Waals surface area contributed by atoms with Crippen molar-refractivity contribution in [3.63, 3.8) is 0 Å². The number of nitrogens with one attached hydrogen (secondary N) is 1. The van der Waals surface area contributed by atoms with Crippen molar-refractivity contribution in [3.8, 4) is 23.0 Å². The van der Waals surface area contributed by atoms with E-state index in [1.54, 1.807) is 0 Å². The average molecular weight is 462 g/mol. The summed E-state index contributed by atoms with van der Waals surface area (Å²) in [5, 5.41) is 3.97. The van der Waals surface area contributed by atoms with Crippen LogP contribution in [0.25, 0.3) is 0 Å². The standard InChI is InChI=1S/C24H24ClNO4.ClH/c1-2-27-23-12-19(10-20(25)24(23)28-15-17-6-4-3-5-7-17)14-26-13-18-8-9-21-22(11-18)30-16-29-21;/h3-12,26H,2,13-16H2,1H3;1H. The minimum Gasteiger partial charge on any atom is -0.490 e. The van der Waals surface area contributed by atoms with E-state index in [-0.39, 0.29) is 19.2 Å². The highest BCUT2D eigenvalue weighted by Gasteiger charge is 2.14. The molecule has 4 rings (SSSR count). The van der Waals surface area contributed by atoms with Gasteiger partial charge >= 0.3 is 0 Å². The second-order valence-corrected chi connectivity index (χ2v) is 7.31. The van der Waals surface area contributed by atoms with Crippen LogP contribution in [-0.4, -0.2) is 13.4 Å². The highest BCUT2D eigenvalue weighted by Crippen LogP contribution is 2.37. The first-order valence-corrected chi connectivity index (χ1v) is 10.3. The van der Waals surface area contributed by atoms with Gasteiger partial charge in [0.2, 0.25) is 6.79 Å². The van der Waals surface area contributed by atoms with E-state index in [9.17, 15) is 0 Å². The first-order valence-electron chi connectivity index (χ1n) is 9.94. The van der Waals surface area contributed by atoms with Crippen molar-refractivity contribution in [2.24, 2.45) is 0 Å². The molecule has 0 aromatic heterocycles. The molecule has 0 bridgehead atoms. The Balaban J connectivity index is 0.00000272. The van der Waals surface area contributed by atoms with Gasteiger partial charge in [-0.25, -0.2) is 0 Å². The summed E-state index contributed by atoms with van der Waals surface area (Å²) in [4.78, 5) is 0. The summed E-state index contributed by atoms with van der Waals surface area (Å²) in [7, 11) is 0. The van der Waals surface area contributed by atoms with Crippen molar-refractivity contribution in [2.45, 2.75) is 26.6 Å². The zero-order chi connectivity index (χ0) is 20.8. The Morgan fingerprint density at radius 3 is 2.45 bits per heavy atom. The number of ether oxygens (including phenoxy) is 4. The molecular formula is C24H25Cl2NO4. The van der Waals surface area contributed by atoms with Crippen LogP contribution in [0, 0.1) is 0 Å². The molecule has 164 valence electrons. The molecule has 0 saturated heterocycles. The predicted molar refractivity (Wildman–Crippen MR) is 124 cm³/mol. The second-order valence-electron chi connectivity index (χ2n) is 6.90. The van der Waals surface area contributed by atoms with Crippen molar-refractivity contribution in [1.29, 1.82) is 0 Å². The van der Waals surface area contributed by atoms with Gasteiger partial charge in [-0.15, -0.1) is 12.4 Å². The number of hydrogen-bond donors (Lipinski definition) is 1. The summed E-state index contributed by atoms with van der Waals surface area (Å²) in [6.45, 7) is 4.54. The Labute approximate surface area is 193 Å². The Morgan fingerprint density at radius 1 is 0.871 bits per heavy atom. The number of rotatable bonds is 9. The van der Waals surface area contributed by atoms with Crippen molar-refractivity contribution in [3.05, 3.63) is 82.4 Å². The first kappa shape index (κ1) is 23.1. The maximum atomic E-state index is 6.53. The zero-order valence-corrected chi connectivity index (χ0v) is 18.8. The SMILES string of the molecule is CCOc1cc(CNCc2ccc3c(c2)OCO3)cc(Cl)c1OCc1ccccc1.Cl. The van der Waals surface area contributed by atoms with E-state index in [1.165, 1.54) is 0 Å². The quantitative estimate of drug-likeness (QED) is 0.438. The zero-order valence-electron chi connectivity index (χ0n) is 17.2. The summed E-state index contributed by atoms with van der Waals surface area (Å²) in [5.41, 5.74) is 3.22. The van der Waals surface area contributed by atoms with Gasteiger partial charge < -0.3 is 24.3 Å². The fourth-order valence-electron chi connectivity index (χ4n) is 3.26. The third-order valence-corrected chi connectivity index (χ3v) is 4.97. The molecule has 0 radical (unpaired) electrons. The molecule has 0 saturated carbocycles. The summed E-state index contributed by atoms with van der Waals surface area (Å²) in [6, 6.07) is 19.8. The van der Waals surface area contributed by atoms with Crippen molar-refractivity contribution < 1.29 is 18.9 Å². The first-order chi connectivity index (χ1) is 14.7. The molecule has 7 heteroatoms. The van der Waals surface area contributed by atoms with Crippen LogP contribution in [0.2, 0.25) is 5.02 Å². The van der Waals surface area contributed by atoms with E-state index >= 15 is 0 Å². The highest BCUT2D eigenvalue weighted by molar-refractivity contribution is 6.32. The molecule has 0 aliphatic carbocycles. The van der Waals surface area contributed by atoms with Gasteiger partial charge in [0.25, 0.3) is 0 Å². The van der Waals surface area contributed by atoms with Gasteiger partial charge in [0.05, 0.1) is 11.6 Å². The van der Waals surface area contributed by atoms with Gasteiger partial charge in [0.15, 0.2) is 23.0 Å². The highest BCUT2D eigenvalue weighted by atomic mass is 35.5. The van der Waals surface area contributed by atoms with E-state index in [1.807, 2.05) is 67.6 Å². The number of fused-ring (bicyclic) bond motifs is 1.